The van der Waals surface area contributed by atoms with E-state index >= 15 is 0 Å². The molecule has 0 bridgehead atoms. The molecule has 3 unspecified atom stereocenters. The molecule has 1 aliphatic heterocycles. The second kappa shape index (κ2) is 8.69. The highest BCUT2D eigenvalue weighted by molar-refractivity contribution is 5.87. The van der Waals surface area contributed by atoms with Gasteiger partial charge in [0.05, 0.1) is 25.4 Å². The van der Waals surface area contributed by atoms with Crippen LogP contribution in [-0.4, -0.2) is 35.4 Å². The molecule has 0 fully saturated rings. The van der Waals surface area contributed by atoms with Crippen LogP contribution in [0.15, 0.2) is 70.1 Å². The van der Waals surface area contributed by atoms with E-state index in [0.717, 1.165) is 21.9 Å². The quantitative estimate of drug-likeness (QED) is 0.538. The number of carbonyl (C=O) groups is 1. The molecule has 3 aromatic rings. The van der Waals surface area contributed by atoms with Crippen molar-refractivity contribution in [3.05, 3.63) is 93.7 Å². The maximum absolute atomic E-state index is 12.4. The Balaban J connectivity index is 1.39. The Bertz CT molecular complexity index is 1340. The topological polar surface area (TPSA) is 109 Å². The highest BCUT2D eigenvalue weighted by Crippen LogP contribution is 2.47. The molecule has 2 aromatic carbocycles. The van der Waals surface area contributed by atoms with Crippen LogP contribution in [0.3, 0.4) is 0 Å². The van der Waals surface area contributed by atoms with E-state index in [4.69, 9.17) is 14.3 Å². The van der Waals surface area contributed by atoms with E-state index in [9.17, 15) is 14.7 Å². The number of hydrogen-bond donors (Lipinski definition) is 3. The van der Waals surface area contributed by atoms with E-state index in [0.29, 0.717) is 11.3 Å². The van der Waals surface area contributed by atoms with Crippen molar-refractivity contribution in [3.8, 4) is 0 Å². The Kier molecular flexibility index (Phi) is 5.58. The van der Waals surface area contributed by atoms with Crippen molar-refractivity contribution in [3.63, 3.8) is 0 Å². The molecule has 3 atom stereocenters. The number of aliphatic hydroxyl groups excluding tert-OH is 2. The van der Waals surface area contributed by atoms with Gasteiger partial charge in [0.2, 0.25) is 5.91 Å². The summed E-state index contributed by atoms with van der Waals surface area (Å²) >= 11 is 0. The van der Waals surface area contributed by atoms with Gasteiger partial charge >= 0.3 is 5.63 Å². The lowest BCUT2D eigenvalue weighted by Gasteiger charge is -2.24. The summed E-state index contributed by atoms with van der Waals surface area (Å²) in [6.45, 7) is -0.554. The van der Waals surface area contributed by atoms with Crippen LogP contribution in [0.5, 0.6) is 0 Å². The third kappa shape index (κ3) is 4.08. The van der Waals surface area contributed by atoms with Crippen LogP contribution in [0.25, 0.3) is 22.4 Å². The maximum atomic E-state index is 12.4. The van der Waals surface area contributed by atoms with Crippen LogP contribution in [-0.2, 0) is 16.0 Å². The predicted octanol–water partition coefficient (Wildman–Crippen LogP) is 2.56. The van der Waals surface area contributed by atoms with Gasteiger partial charge in [0.1, 0.15) is 11.9 Å². The van der Waals surface area contributed by atoms with Crippen LogP contribution in [0, 0.1) is 5.92 Å². The van der Waals surface area contributed by atoms with Gasteiger partial charge < -0.3 is 24.7 Å². The first-order valence-electron chi connectivity index (χ1n) is 10.8. The Labute approximate surface area is 189 Å². The van der Waals surface area contributed by atoms with E-state index in [-0.39, 0.29) is 30.6 Å². The van der Waals surface area contributed by atoms with Gasteiger partial charge in [-0.05, 0) is 34.5 Å². The molecule has 1 aliphatic carbocycles. The van der Waals surface area contributed by atoms with E-state index < -0.39 is 24.2 Å². The minimum atomic E-state index is -1.05. The van der Waals surface area contributed by atoms with Crippen LogP contribution in [0.4, 0.5) is 0 Å². The average Bonchev–Trinajstić information content (AvgIpc) is 3.27. The van der Waals surface area contributed by atoms with E-state index in [1.54, 1.807) is 18.4 Å². The van der Waals surface area contributed by atoms with Crippen molar-refractivity contribution in [2.75, 3.05) is 13.2 Å². The molecule has 2 heterocycles. The van der Waals surface area contributed by atoms with Gasteiger partial charge in [-0.1, -0.05) is 42.5 Å². The van der Waals surface area contributed by atoms with Crippen molar-refractivity contribution in [1.82, 2.24) is 5.32 Å². The molecule has 0 spiro atoms. The number of benzene rings is 2. The molecular formula is C26H23NO6. The Morgan fingerprint density at radius 3 is 2.76 bits per heavy atom. The summed E-state index contributed by atoms with van der Waals surface area (Å²) in [4.78, 5) is 24.6. The molecule has 0 saturated heterocycles. The summed E-state index contributed by atoms with van der Waals surface area (Å²) in [5.74, 6) is -0.0676. The summed E-state index contributed by atoms with van der Waals surface area (Å²) in [7, 11) is 0. The lowest BCUT2D eigenvalue weighted by atomic mass is 9.83. The molecule has 5 rings (SSSR count). The van der Waals surface area contributed by atoms with Gasteiger partial charge in [0.15, 0.2) is 0 Å². The van der Waals surface area contributed by atoms with Gasteiger partial charge in [0.25, 0.3) is 0 Å². The standard InChI is InChI=1S/C26H23NO6/c28-13-19(29)12-27-24(30)11-18-10-21-23(33-26(18)31)8-7-20-22(14-32-25(20)21)17-6-5-15-3-1-2-4-16(15)9-17/h1-10,14,19-20,25,28-29H,11-13H2,(H,27,30). The smallest absolute Gasteiger partial charge is 0.339 e. The van der Waals surface area contributed by atoms with Crippen molar-refractivity contribution in [2.45, 2.75) is 18.6 Å². The fraction of sp³-hybridized carbons (Fsp3) is 0.231. The Hall–Kier alpha value is -3.68. The van der Waals surface area contributed by atoms with E-state index in [1.165, 1.54) is 0 Å². The first-order chi connectivity index (χ1) is 16.0. The molecular weight excluding hydrogens is 422 g/mol. The lowest BCUT2D eigenvalue weighted by Crippen LogP contribution is -2.35. The second-order valence-electron chi connectivity index (χ2n) is 8.27. The Morgan fingerprint density at radius 2 is 1.94 bits per heavy atom. The fourth-order valence-corrected chi connectivity index (χ4v) is 4.31. The minimum Gasteiger partial charge on any atom is -0.492 e. The fourth-order valence-electron chi connectivity index (χ4n) is 4.31. The van der Waals surface area contributed by atoms with Crippen molar-refractivity contribution in [1.29, 1.82) is 0 Å². The number of hydrogen-bond acceptors (Lipinski definition) is 6. The van der Waals surface area contributed by atoms with Crippen LogP contribution in [0.2, 0.25) is 0 Å². The molecule has 7 nitrogen and oxygen atoms in total. The highest BCUT2D eigenvalue weighted by atomic mass is 16.5. The summed E-state index contributed by atoms with van der Waals surface area (Å²) in [5, 5.41) is 23.1. The number of aliphatic hydroxyl groups is 2. The van der Waals surface area contributed by atoms with E-state index in [2.05, 4.69) is 35.6 Å². The number of ether oxygens (including phenoxy) is 1. The SMILES string of the molecule is O=C(Cc1cc2c(oc1=O)C=CC1C(c3ccc4ccccc4c3)=COC21)NCC(O)CO. The van der Waals surface area contributed by atoms with Gasteiger partial charge in [-0.15, -0.1) is 0 Å². The highest BCUT2D eigenvalue weighted by Gasteiger charge is 2.37. The molecule has 2 aliphatic rings. The Morgan fingerprint density at radius 1 is 1.12 bits per heavy atom. The molecule has 0 saturated carbocycles. The first-order valence-corrected chi connectivity index (χ1v) is 10.8. The number of fused-ring (bicyclic) bond motifs is 4. The van der Waals surface area contributed by atoms with Crippen LogP contribution >= 0.6 is 0 Å². The van der Waals surface area contributed by atoms with Crippen LogP contribution in [0.1, 0.15) is 28.6 Å². The van der Waals surface area contributed by atoms with Gasteiger partial charge in [-0.25, -0.2) is 4.79 Å². The number of amides is 1. The maximum Gasteiger partial charge on any atom is 0.339 e. The summed E-state index contributed by atoms with van der Waals surface area (Å²) in [6.07, 6.45) is 3.92. The molecule has 3 N–H and O–H groups in total. The summed E-state index contributed by atoms with van der Waals surface area (Å²) < 4.78 is 11.5. The largest absolute Gasteiger partial charge is 0.492 e. The molecule has 33 heavy (non-hydrogen) atoms. The van der Waals surface area contributed by atoms with Gasteiger partial charge in [0, 0.05) is 29.2 Å². The normalized spacial score (nSPS) is 19.4. The molecule has 1 aromatic heterocycles. The van der Waals surface area contributed by atoms with Gasteiger partial charge in [-0.3, -0.25) is 4.79 Å². The molecule has 7 heteroatoms. The number of carbonyl (C=O) groups excluding carboxylic acids is 1. The predicted molar refractivity (Wildman–Crippen MR) is 123 cm³/mol. The minimum absolute atomic E-state index is 0.0484. The zero-order valence-corrected chi connectivity index (χ0v) is 17.7. The molecule has 168 valence electrons. The zero-order valence-electron chi connectivity index (χ0n) is 17.7. The van der Waals surface area contributed by atoms with Crippen LogP contribution < -0.4 is 10.9 Å². The monoisotopic (exact) mass is 445 g/mol. The lowest BCUT2D eigenvalue weighted by molar-refractivity contribution is -0.121. The summed E-state index contributed by atoms with van der Waals surface area (Å²) in [6, 6.07) is 16.1. The van der Waals surface area contributed by atoms with Crippen molar-refractivity contribution in [2.24, 2.45) is 5.92 Å². The third-order valence-electron chi connectivity index (χ3n) is 6.05. The van der Waals surface area contributed by atoms with Crippen molar-refractivity contribution >= 4 is 28.3 Å². The average molecular weight is 445 g/mol. The second-order valence-corrected chi connectivity index (χ2v) is 8.27. The first kappa shape index (κ1) is 21.2. The summed E-state index contributed by atoms with van der Waals surface area (Å²) in [5.41, 5.74) is 2.44. The van der Waals surface area contributed by atoms with Gasteiger partial charge in [-0.2, -0.15) is 0 Å². The van der Waals surface area contributed by atoms with Crippen molar-refractivity contribution < 1.29 is 24.2 Å². The number of nitrogens with one attached hydrogen (secondary N) is 1. The third-order valence-corrected chi connectivity index (χ3v) is 6.05. The van der Waals surface area contributed by atoms with E-state index in [1.807, 2.05) is 18.2 Å². The molecule has 0 radical (unpaired) electrons. The number of rotatable bonds is 6. The molecule has 1 amide bonds. The zero-order chi connectivity index (χ0) is 22.9.